The van der Waals surface area contributed by atoms with Crippen molar-refractivity contribution in [3.05, 3.63) is 117 Å². The second-order valence-electron chi connectivity index (χ2n) is 19.3. The number of piperazine rings is 1. The number of allylic oxidation sites excluding steroid dienone is 1. The highest BCUT2D eigenvalue weighted by Gasteiger charge is 2.40. The van der Waals surface area contributed by atoms with E-state index in [2.05, 4.69) is 60.5 Å². The number of carbonyl (C=O) groups is 1. The molecule has 67 heavy (non-hydrogen) atoms. The lowest BCUT2D eigenvalue weighted by molar-refractivity contribution is -0.386. The van der Waals surface area contributed by atoms with Crippen molar-refractivity contribution in [2.45, 2.75) is 75.4 Å². The number of benzene rings is 3. The van der Waals surface area contributed by atoms with Crippen LogP contribution in [0.5, 0.6) is 5.75 Å². The first-order valence-corrected chi connectivity index (χ1v) is 24.8. The number of piperidine rings is 1. The predicted molar refractivity (Wildman–Crippen MR) is 256 cm³/mol. The third-order valence-corrected chi connectivity index (χ3v) is 15.5. The van der Waals surface area contributed by atoms with E-state index in [9.17, 15) is 23.3 Å². The third-order valence-electron chi connectivity index (χ3n) is 14.0. The summed E-state index contributed by atoms with van der Waals surface area (Å²) in [7, 11) is -4.67. The Kier molecular flexibility index (Phi) is 11.8. The van der Waals surface area contributed by atoms with Gasteiger partial charge in [-0.05, 0) is 116 Å². The Morgan fingerprint density at radius 1 is 0.985 bits per heavy atom. The Hall–Kier alpha value is -5.88. The van der Waals surface area contributed by atoms with E-state index in [1.54, 1.807) is 29.2 Å². The summed E-state index contributed by atoms with van der Waals surface area (Å²) >= 11 is 6.26. The van der Waals surface area contributed by atoms with Crippen LogP contribution in [0.15, 0.2) is 95.7 Å². The molecule has 2 aliphatic carbocycles. The van der Waals surface area contributed by atoms with Crippen LogP contribution in [0.4, 0.5) is 15.8 Å². The normalized spacial score (nSPS) is 19.3. The number of nitro benzene ring substituents is 1. The number of fused-ring (bicyclic) bond motifs is 2. The number of alkyl halides is 1. The summed E-state index contributed by atoms with van der Waals surface area (Å²) in [4.78, 5) is 41.2. The number of pyridine rings is 1. The van der Waals surface area contributed by atoms with E-state index >= 15 is 4.39 Å². The fraction of sp³-hybridized carbons (Fsp3) is 0.408. The maximum absolute atomic E-state index is 15.7. The van der Waals surface area contributed by atoms with Gasteiger partial charge in [0.15, 0.2) is 11.4 Å². The van der Waals surface area contributed by atoms with Crippen molar-refractivity contribution in [1.29, 1.82) is 0 Å². The minimum absolute atomic E-state index is 0.0257. The van der Waals surface area contributed by atoms with Crippen molar-refractivity contribution in [3.63, 3.8) is 0 Å². The zero-order valence-electron chi connectivity index (χ0n) is 37.5. The Morgan fingerprint density at radius 2 is 1.75 bits per heavy atom. The molecule has 1 amide bonds. The molecule has 350 valence electrons. The number of nitrogens with zero attached hydrogens (tertiary/aromatic N) is 7. The summed E-state index contributed by atoms with van der Waals surface area (Å²) in [5.74, 6) is -1.21. The van der Waals surface area contributed by atoms with Gasteiger partial charge < -0.3 is 14.5 Å². The predicted octanol–water partition coefficient (Wildman–Crippen LogP) is 8.71. The Labute approximate surface area is 393 Å². The molecule has 0 radical (unpaired) electrons. The molecule has 3 aromatic heterocycles. The van der Waals surface area contributed by atoms with E-state index in [0.29, 0.717) is 41.5 Å². The van der Waals surface area contributed by atoms with Crippen LogP contribution in [0.3, 0.4) is 0 Å². The number of sulfonamides is 1. The van der Waals surface area contributed by atoms with Crippen LogP contribution in [0.1, 0.15) is 74.7 Å². The number of likely N-dealkylation sites (tertiary alicyclic amines) is 1. The molecule has 2 aliphatic heterocycles. The van der Waals surface area contributed by atoms with Crippen LogP contribution in [0.25, 0.3) is 33.3 Å². The molecule has 18 heteroatoms. The topological polar surface area (TPSA) is 172 Å². The number of nitrogens with one attached hydrogen (secondary N) is 2. The summed E-state index contributed by atoms with van der Waals surface area (Å²) in [6.07, 6.45) is 9.24. The summed E-state index contributed by atoms with van der Waals surface area (Å²) in [6, 6.07) is 20.7. The third kappa shape index (κ3) is 9.51. The standard InChI is InChI=1S/C49H53ClFN9O6S/c1-48(2)15-13-34(40(28-48)32-3-5-35(50)6-4-32)30-56-21-23-58(24-22-56)37-9-11-39(42(26-37)59-43-25-33-14-18-52-46(33)54-41(43)29-53-59)47(61)55-67(64,65)38-10-12-45(44(27-38)60(62)63)66-31-49(51)16-19-57(20-17-49)36-7-8-36/h3-6,9-12,14,18,25-27,29,36,53H,7-8,13,15-17,19-24,28,30-31H2,1-2H3,(H,55,61). The van der Waals surface area contributed by atoms with E-state index in [-0.39, 0.29) is 29.6 Å². The van der Waals surface area contributed by atoms with Crippen LogP contribution in [-0.4, -0.2) is 113 Å². The summed E-state index contributed by atoms with van der Waals surface area (Å²) < 4.78 is 53.0. The SMILES string of the molecule is CC1(C)CCC(CN2CCN(c3ccc(C(=O)NS(=O)(=O)c4ccc(OCC5(F)CCN(C6CC6)CC5)c([N+](=O)[O-])c4)c(-n4[nH]cc5nc6nccc6cc54)c3)CC2)=C(c2ccc(Cl)cc2)C1. The van der Waals surface area contributed by atoms with Crippen LogP contribution in [0, 0.1) is 15.5 Å². The molecule has 5 heterocycles. The van der Waals surface area contributed by atoms with Gasteiger partial charge >= 0.3 is 5.69 Å². The van der Waals surface area contributed by atoms with Crippen molar-refractivity contribution >= 4 is 66.5 Å². The first kappa shape index (κ1) is 44.9. The van der Waals surface area contributed by atoms with Crippen LogP contribution < -0.4 is 14.4 Å². The number of rotatable bonds is 13. The average Bonchev–Trinajstić information content (AvgIpc) is 3.92. The van der Waals surface area contributed by atoms with Gasteiger partial charge in [-0.15, -0.1) is 0 Å². The lowest BCUT2D eigenvalue weighted by atomic mass is 9.72. The largest absolute Gasteiger partial charge is 0.483 e. The molecule has 0 unspecified atom stereocenters. The quantitative estimate of drug-likeness (QED) is 0.0838. The number of amides is 1. The van der Waals surface area contributed by atoms with E-state index in [1.807, 2.05) is 30.3 Å². The molecule has 2 saturated heterocycles. The van der Waals surface area contributed by atoms with Gasteiger partial charge in [-0.3, -0.25) is 29.6 Å². The van der Waals surface area contributed by atoms with Crippen LogP contribution in [0.2, 0.25) is 5.02 Å². The van der Waals surface area contributed by atoms with Crippen molar-refractivity contribution < 1.29 is 27.3 Å². The number of H-pyrrole nitrogens is 1. The van der Waals surface area contributed by atoms with Gasteiger partial charge in [-0.2, -0.15) is 0 Å². The minimum atomic E-state index is -4.67. The zero-order valence-corrected chi connectivity index (χ0v) is 39.1. The molecule has 1 saturated carbocycles. The fourth-order valence-electron chi connectivity index (χ4n) is 9.85. The Morgan fingerprint density at radius 3 is 2.48 bits per heavy atom. The van der Waals surface area contributed by atoms with Crippen molar-refractivity contribution in [3.8, 4) is 11.4 Å². The smallest absolute Gasteiger partial charge is 0.312 e. The number of aromatic amines is 1. The van der Waals surface area contributed by atoms with Crippen LogP contribution in [-0.2, 0) is 10.0 Å². The molecular weight excluding hydrogens is 897 g/mol. The first-order valence-electron chi connectivity index (χ1n) is 22.9. The highest BCUT2D eigenvalue weighted by molar-refractivity contribution is 7.90. The number of hydrogen-bond acceptors (Lipinski definition) is 11. The van der Waals surface area contributed by atoms with Gasteiger partial charge in [0.05, 0.1) is 26.6 Å². The summed E-state index contributed by atoms with van der Waals surface area (Å²) in [5.41, 5.74) is 4.98. The highest BCUT2D eigenvalue weighted by Crippen LogP contribution is 2.44. The average molecular weight is 951 g/mol. The lowest BCUT2D eigenvalue weighted by Gasteiger charge is -2.39. The van der Waals surface area contributed by atoms with Gasteiger partial charge in [-0.1, -0.05) is 43.2 Å². The lowest BCUT2D eigenvalue weighted by Crippen LogP contribution is -2.47. The van der Waals surface area contributed by atoms with Gasteiger partial charge in [-0.25, -0.2) is 27.5 Å². The van der Waals surface area contributed by atoms with E-state index in [4.69, 9.17) is 16.3 Å². The van der Waals surface area contributed by atoms with Gasteiger partial charge in [0.2, 0.25) is 0 Å². The van der Waals surface area contributed by atoms with Gasteiger partial charge in [0, 0.05) is 86.4 Å². The second-order valence-corrected chi connectivity index (χ2v) is 21.4. The van der Waals surface area contributed by atoms with E-state index in [0.717, 1.165) is 99.1 Å². The molecule has 6 aromatic rings. The molecule has 4 aliphatic rings. The van der Waals surface area contributed by atoms with Crippen molar-refractivity contribution in [1.82, 2.24) is 34.3 Å². The number of ether oxygens (including phenoxy) is 1. The molecule has 0 atom stereocenters. The second kappa shape index (κ2) is 17.6. The monoisotopic (exact) mass is 949 g/mol. The van der Waals surface area contributed by atoms with Gasteiger partial charge in [0.25, 0.3) is 15.9 Å². The molecular formula is C49H53ClFN9O6S. The Balaban J connectivity index is 0.891. The molecule has 2 N–H and O–H groups in total. The minimum Gasteiger partial charge on any atom is -0.483 e. The molecule has 0 spiro atoms. The zero-order chi connectivity index (χ0) is 46.7. The molecule has 3 aromatic carbocycles. The number of aromatic nitrogens is 4. The first-order chi connectivity index (χ1) is 32.1. The van der Waals surface area contributed by atoms with Crippen molar-refractivity contribution in [2.75, 3.05) is 57.3 Å². The fourth-order valence-corrected chi connectivity index (χ4v) is 11.0. The number of halogens is 2. The maximum Gasteiger partial charge on any atom is 0.312 e. The number of carbonyl (C=O) groups excluding carboxylic acids is 1. The maximum atomic E-state index is 15.7. The van der Waals surface area contributed by atoms with Crippen LogP contribution >= 0.6 is 11.6 Å². The molecule has 3 fully saturated rings. The number of anilines is 1. The van der Waals surface area contributed by atoms with E-state index in [1.165, 1.54) is 16.7 Å². The Bertz CT molecular complexity index is 3020. The summed E-state index contributed by atoms with van der Waals surface area (Å²) in [5, 5.41) is 16.9. The summed E-state index contributed by atoms with van der Waals surface area (Å²) in [6.45, 7) is 9.36. The highest BCUT2D eigenvalue weighted by atomic mass is 35.5. The molecule has 15 nitrogen and oxygen atoms in total. The number of hydrogen-bond donors (Lipinski definition) is 2. The van der Waals surface area contributed by atoms with Crippen molar-refractivity contribution in [2.24, 2.45) is 5.41 Å². The number of nitro groups is 1. The van der Waals surface area contributed by atoms with Gasteiger partial charge in [0.1, 0.15) is 17.8 Å². The van der Waals surface area contributed by atoms with E-state index < -0.39 is 43.7 Å². The molecule has 0 bridgehead atoms. The molecule has 10 rings (SSSR count).